The van der Waals surface area contributed by atoms with Crippen molar-refractivity contribution in [2.45, 2.75) is 64.0 Å². The van der Waals surface area contributed by atoms with Gasteiger partial charge in [0.15, 0.2) is 17.0 Å². The van der Waals surface area contributed by atoms with Gasteiger partial charge in [-0.05, 0) is 25.7 Å². The van der Waals surface area contributed by atoms with Crippen LogP contribution in [0.1, 0.15) is 50.8 Å². The van der Waals surface area contributed by atoms with Crippen molar-refractivity contribution in [3.8, 4) is 0 Å². The molecule has 2 aromatic heterocycles. The molecule has 0 amide bonds. The van der Waals surface area contributed by atoms with Gasteiger partial charge in [0.05, 0.1) is 0 Å². The highest BCUT2D eigenvalue weighted by molar-refractivity contribution is 5.83. The first-order chi connectivity index (χ1) is 9.92. The van der Waals surface area contributed by atoms with Gasteiger partial charge in [0.2, 0.25) is 0 Å². The molecule has 4 rings (SSSR count). The van der Waals surface area contributed by atoms with E-state index in [1.54, 1.807) is 6.33 Å². The van der Waals surface area contributed by atoms with Crippen LogP contribution >= 0.6 is 0 Å². The predicted octanol–water partition coefficient (Wildman–Crippen LogP) is 2.91. The Balaban J connectivity index is 1.74. The largest absolute Gasteiger partial charge is 0.365 e. The van der Waals surface area contributed by atoms with Crippen molar-refractivity contribution < 1.29 is 0 Å². The molecule has 0 spiro atoms. The van der Waals surface area contributed by atoms with Gasteiger partial charge in [0.25, 0.3) is 0 Å². The minimum atomic E-state index is 0.564. The van der Waals surface area contributed by atoms with Crippen LogP contribution in [0.5, 0.6) is 0 Å². The van der Waals surface area contributed by atoms with Crippen LogP contribution in [0.15, 0.2) is 6.33 Å². The average Bonchev–Trinajstić information content (AvgIpc) is 3.02. The number of aromatic nitrogens is 4. The standard InChI is InChI=1S/C15H21N5/c1-2-8-12-19-13-14(18-11-6-3-4-7-11)16-10-17-15(13)20(12)9-5-1/h10-11H,1-9H2,(H,16,17,18). The Hall–Kier alpha value is -1.65. The summed E-state index contributed by atoms with van der Waals surface area (Å²) in [4.78, 5) is 13.8. The molecule has 1 fully saturated rings. The predicted molar refractivity (Wildman–Crippen MR) is 78.8 cm³/mol. The fourth-order valence-corrected chi connectivity index (χ4v) is 3.51. The Morgan fingerprint density at radius 3 is 2.85 bits per heavy atom. The van der Waals surface area contributed by atoms with E-state index in [-0.39, 0.29) is 0 Å². The maximum absolute atomic E-state index is 4.83. The number of hydrogen-bond acceptors (Lipinski definition) is 4. The highest BCUT2D eigenvalue weighted by Gasteiger charge is 2.20. The van der Waals surface area contributed by atoms with E-state index >= 15 is 0 Å². The molecular formula is C15H21N5. The van der Waals surface area contributed by atoms with Crippen molar-refractivity contribution >= 4 is 17.0 Å². The number of hydrogen-bond donors (Lipinski definition) is 1. The molecule has 3 heterocycles. The molecule has 106 valence electrons. The van der Waals surface area contributed by atoms with Crippen molar-refractivity contribution in [3.05, 3.63) is 12.2 Å². The van der Waals surface area contributed by atoms with E-state index in [1.807, 2.05) is 0 Å². The molecule has 1 N–H and O–H groups in total. The summed E-state index contributed by atoms with van der Waals surface area (Å²) in [6.45, 7) is 1.05. The number of nitrogens with one attached hydrogen (secondary N) is 1. The van der Waals surface area contributed by atoms with Crippen molar-refractivity contribution in [2.75, 3.05) is 5.32 Å². The van der Waals surface area contributed by atoms with Crippen LogP contribution in [0.3, 0.4) is 0 Å². The molecule has 1 aliphatic heterocycles. The Morgan fingerprint density at radius 2 is 1.95 bits per heavy atom. The third kappa shape index (κ3) is 2.05. The van der Waals surface area contributed by atoms with Gasteiger partial charge in [0, 0.05) is 19.0 Å². The Kier molecular flexibility index (Phi) is 3.05. The number of nitrogens with zero attached hydrogens (tertiary/aromatic N) is 4. The van der Waals surface area contributed by atoms with Gasteiger partial charge in [-0.2, -0.15) is 0 Å². The molecule has 0 radical (unpaired) electrons. The lowest BCUT2D eigenvalue weighted by Crippen LogP contribution is -2.16. The molecule has 2 aliphatic rings. The van der Waals surface area contributed by atoms with Crippen LogP contribution in [-0.4, -0.2) is 25.6 Å². The number of rotatable bonds is 2. The summed E-state index contributed by atoms with van der Waals surface area (Å²) in [5.41, 5.74) is 1.98. The first-order valence-electron chi connectivity index (χ1n) is 7.88. The zero-order valence-corrected chi connectivity index (χ0v) is 11.8. The van der Waals surface area contributed by atoms with Crippen LogP contribution < -0.4 is 5.32 Å². The molecule has 0 bridgehead atoms. The zero-order chi connectivity index (χ0) is 13.4. The fourth-order valence-electron chi connectivity index (χ4n) is 3.51. The molecule has 1 saturated carbocycles. The van der Waals surface area contributed by atoms with E-state index in [9.17, 15) is 0 Å². The fraction of sp³-hybridized carbons (Fsp3) is 0.667. The van der Waals surface area contributed by atoms with Crippen LogP contribution in [0.4, 0.5) is 5.82 Å². The second kappa shape index (κ2) is 5.04. The molecule has 1 aliphatic carbocycles. The van der Waals surface area contributed by atoms with Gasteiger partial charge in [-0.25, -0.2) is 15.0 Å². The number of imidazole rings is 1. The molecule has 0 aromatic carbocycles. The molecule has 5 nitrogen and oxygen atoms in total. The lowest BCUT2D eigenvalue weighted by molar-refractivity contribution is 0.643. The van der Waals surface area contributed by atoms with Crippen LogP contribution in [0.2, 0.25) is 0 Å². The summed E-state index contributed by atoms with van der Waals surface area (Å²) in [6, 6.07) is 0.564. The highest BCUT2D eigenvalue weighted by atomic mass is 15.2. The molecule has 0 saturated heterocycles. The van der Waals surface area contributed by atoms with Crippen LogP contribution in [0.25, 0.3) is 11.2 Å². The van der Waals surface area contributed by atoms with E-state index in [0.717, 1.165) is 29.9 Å². The van der Waals surface area contributed by atoms with Gasteiger partial charge in [-0.3, -0.25) is 0 Å². The summed E-state index contributed by atoms with van der Waals surface area (Å²) in [7, 11) is 0. The summed E-state index contributed by atoms with van der Waals surface area (Å²) < 4.78 is 2.30. The molecule has 0 atom stereocenters. The topological polar surface area (TPSA) is 55.6 Å². The van der Waals surface area contributed by atoms with Gasteiger partial charge in [-0.15, -0.1) is 0 Å². The molecule has 5 heteroatoms. The average molecular weight is 271 g/mol. The van der Waals surface area contributed by atoms with E-state index in [2.05, 4.69) is 19.9 Å². The SMILES string of the molecule is c1nc(NC2CCCC2)c2nc3n(c2n1)CCCCC3. The van der Waals surface area contributed by atoms with Crippen molar-refractivity contribution in [1.82, 2.24) is 19.5 Å². The lowest BCUT2D eigenvalue weighted by Gasteiger charge is -2.12. The van der Waals surface area contributed by atoms with E-state index < -0.39 is 0 Å². The smallest absolute Gasteiger partial charge is 0.165 e. The first-order valence-corrected chi connectivity index (χ1v) is 7.88. The normalized spacial score (nSPS) is 20.0. The Labute approximate surface area is 118 Å². The number of fused-ring (bicyclic) bond motifs is 3. The summed E-state index contributed by atoms with van der Waals surface area (Å²) in [5.74, 6) is 2.12. The van der Waals surface area contributed by atoms with Crippen LogP contribution in [0, 0.1) is 0 Å². The molecule has 2 aromatic rings. The Bertz CT molecular complexity index is 612. The summed E-state index contributed by atoms with van der Waals surface area (Å²) >= 11 is 0. The van der Waals surface area contributed by atoms with Gasteiger partial charge in [0.1, 0.15) is 12.2 Å². The molecule has 0 unspecified atom stereocenters. The Morgan fingerprint density at radius 1 is 1.05 bits per heavy atom. The minimum Gasteiger partial charge on any atom is -0.365 e. The summed E-state index contributed by atoms with van der Waals surface area (Å²) in [6.07, 6.45) is 11.7. The third-order valence-corrected chi connectivity index (χ3v) is 4.59. The summed E-state index contributed by atoms with van der Waals surface area (Å²) in [5, 5.41) is 3.58. The van der Waals surface area contributed by atoms with Crippen LogP contribution in [-0.2, 0) is 13.0 Å². The van der Waals surface area contributed by atoms with Gasteiger partial charge < -0.3 is 9.88 Å². The van der Waals surface area contributed by atoms with E-state index in [1.165, 1.54) is 50.8 Å². The van der Waals surface area contributed by atoms with Gasteiger partial charge >= 0.3 is 0 Å². The minimum absolute atomic E-state index is 0.564. The monoisotopic (exact) mass is 271 g/mol. The van der Waals surface area contributed by atoms with Crippen molar-refractivity contribution in [2.24, 2.45) is 0 Å². The van der Waals surface area contributed by atoms with E-state index in [4.69, 9.17) is 4.98 Å². The highest BCUT2D eigenvalue weighted by Crippen LogP contribution is 2.27. The second-order valence-electron chi connectivity index (χ2n) is 6.01. The first kappa shape index (κ1) is 12.1. The number of anilines is 1. The van der Waals surface area contributed by atoms with Gasteiger partial charge in [-0.1, -0.05) is 19.3 Å². The maximum atomic E-state index is 4.83. The van der Waals surface area contributed by atoms with Crippen molar-refractivity contribution in [1.29, 1.82) is 0 Å². The quantitative estimate of drug-likeness (QED) is 0.912. The third-order valence-electron chi connectivity index (χ3n) is 4.59. The van der Waals surface area contributed by atoms with E-state index in [0.29, 0.717) is 6.04 Å². The second-order valence-corrected chi connectivity index (χ2v) is 6.01. The number of aryl methyl sites for hydroxylation is 2. The molecule has 20 heavy (non-hydrogen) atoms. The molecular weight excluding hydrogens is 250 g/mol. The zero-order valence-electron chi connectivity index (χ0n) is 11.8. The van der Waals surface area contributed by atoms with Crippen molar-refractivity contribution in [3.63, 3.8) is 0 Å². The lowest BCUT2D eigenvalue weighted by atomic mass is 10.2. The maximum Gasteiger partial charge on any atom is 0.165 e.